The van der Waals surface area contributed by atoms with Crippen molar-refractivity contribution in [2.24, 2.45) is 0 Å². The van der Waals surface area contributed by atoms with Crippen LogP contribution in [0.1, 0.15) is 42.5 Å². The Hall–Kier alpha value is -1.34. The zero-order chi connectivity index (χ0) is 13.0. The molecule has 4 heteroatoms. The maximum atomic E-state index is 12.1. The molecule has 0 spiro atoms. The van der Waals surface area contributed by atoms with E-state index >= 15 is 0 Å². The van der Waals surface area contributed by atoms with Crippen molar-refractivity contribution in [1.29, 1.82) is 5.26 Å². The van der Waals surface area contributed by atoms with Crippen molar-refractivity contribution >= 4 is 21.8 Å². The normalized spacial score (nSPS) is 17.8. The Balaban J connectivity index is 2.13. The molecule has 1 fully saturated rings. The fourth-order valence-electron chi connectivity index (χ4n) is 2.34. The van der Waals surface area contributed by atoms with Crippen molar-refractivity contribution < 1.29 is 4.79 Å². The van der Waals surface area contributed by atoms with E-state index in [-0.39, 0.29) is 5.91 Å². The van der Waals surface area contributed by atoms with Crippen LogP contribution in [0.4, 0.5) is 0 Å². The van der Waals surface area contributed by atoms with Gasteiger partial charge in [0.2, 0.25) is 0 Å². The highest BCUT2D eigenvalue weighted by atomic mass is 79.9. The van der Waals surface area contributed by atoms with E-state index in [0.717, 1.165) is 36.6 Å². The number of nitriles is 1. The fourth-order valence-corrected chi connectivity index (χ4v) is 2.74. The average Bonchev–Trinajstić information content (AvgIpc) is 2.40. The number of nitrogens with zero attached hydrogens (tertiary/aromatic N) is 1. The lowest BCUT2D eigenvalue weighted by atomic mass is 9.82. The molecule has 1 saturated carbocycles. The summed E-state index contributed by atoms with van der Waals surface area (Å²) in [5.74, 6) is -0.167. The Bertz CT molecular complexity index is 487. The van der Waals surface area contributed by atoms with Gasteiger partial charge in [0.15, 0.2) is 0 Å². The predicted molar refractivity (Wildman–Crippen MR) is 73.0 cm³/mol. The van der Waals surface area contributed by atoms with Gasteiger partial charge in [0.25, 0.3) is 5.91 Å². The highest BCUT2D eigenvalue weighted by molar-refractivity contribution is 9.10. The molecule has 1 aromatic rings. The largest absolute Gasteiger partial charge is 0.334 e. The second-order valence-corrected chi connectivity index (χ2v) is 5.63. The van der Waals surface area contributed by atoms with E-state index in [9.17, 15) is 10.1 Å². The standard InChI is InChI=1S/C14H15BrN2O/c15-12-6-4-5-11(9-12)13(18)17-14(10-16)7-2-1-3-8-14/h4-6,9H,1-3,7-8H2,(H,17,18). The molecule has 1 aromatic carbocycles. The molecule has 0 aliphatic heterocycles. The minimum atomic E-state index is -0.669. The summed E-state index contributed by atoms with van der Waals surface area (Å²) in [5.41, 5.74) is -0.0814. The maximum Gasteiger partial charge on any atom is 0.252 e. The summed E-state index contributed by atoms with van der Waals surface area (Å²) < 4.78 is 0.866. The van der Waals surface area contributed by atoms with Crippen LogP contribution in [-0.2, 0) is 0 Å². The highest BCUT2D eigenvalue weighted by Gasteiger charge is 2.33. The third-order valence-corrected chi connectivity index (χ3v) is 3.85. The topological polar surface area (TPSA) is 52.9 Å². The van der Waals surface area contributed by atoms with Crippen LogP contribution >= 0.6 is 15.9 Å². The van der Waals surface area contributed by atoms with Crippen molar-refractivity contribution in [2.45, 2.75) is 37.6 Å². The van der Waals surface area contributed by atoms with Crippen molar-refractivity contribution in [2.75, 3.05) is 0 Å². The van der Waals surface area contributed by atoms with Crippen LogP contribution in [0, 0.1) is 11.3 Å². The monoisotopic (exact) mass is 306 g/mol. The van der Waals surface area contributed by atoms with Gasteiger partial charge in [-0.25, -0.2) is 0 Å². The van der Waals surface area contributed by atoms with Gasteiger partial charge in [-0.15, -0.1) is 0 Å². The minimum Gasteiger partial charge on any atom is -0.334 e. The number of nitrogens with one attached hydrogen (secondary N) is 1. The van der Waals surface area contributed by atoms with Gasteiger partial charge in [-0.1, -0.05) is 41.3 Å². The number of hydrogen-bond acceptors (Lipinski definition) is 2. The van der Waals surface area contributed by atoms with Crippen LogP contribution in [0.3, 0.4) is 0 Å². The number of benzene rings is 1. The average molecular weight is 307 g/mol. The molecule has 0 heterocycles. The number of carbonyl (C=O) groups is 1. The molecule has 1 N–H and O–H groups in total. The molecule has 0 radical (unpaired) electrons. The quantitative estimate of drug-likeness (QED) is 0.910. The molecule has 0 unspecified atom stereocenters. The zero-order valence-electron chi connectivity index (χ0n) is 10.1. The van der Waals surface area contributed by atoms with Crippen LogP contribution in [0.15, 0.2) is 28.7 Å². The summed E-state index contributed by atoms with van der Waals surface area (Å²) in [5, 5.41) is 12.2. The molecular weight excluding hydrogens is 292 g/mol. The van der Waals surface area contributed by atoms with Gasteiger partial charge in [-0.05, 0) is 31.0 Å². The summed E-state index contributed by atoms with van der Waals surface area (Å²) in [6.45, 7) is 0. The molecule has 1 amide bonds. The van der Waals surface area contributed by atoms with Gasteiger partial charge >= 0.3 is 0 Å². The van der Waals surface area contributed by atoms with E-state index in [4.69, 9.17) is 0 Å². The molecule has 0 atom stereocenters. The Labute approximate surface area is 115 Å². The van der Waals surface area contributed by atoms with E-state index in [1.54, 1.807) is 12.1 Å². The molecule has 3 nitrogen and oxygen atoms in total. The molecule has 0 bridgehead atoms. The summed E-state index contributed by atoms with van der Waals surface area (Å²) in [6, 6.07) is 9.50. The Morgan fingerprint density at radius 3 is 2.67 bits per heavy atom. The van der Waals surface area contributed by atoms with Crippen LogP contribution in [0.25, 0.3) is 0 Å². The van der Waals surface area contributed by atoms with Gasteiger partial charge < -0.3 is 5.32 Å². The first-order valence-electron chi connectivity index (χ1n) is 6.15. The van der Waals surface area contributed by atoms with Gasteiger partial charge in [0.1, 0.15) is 5.54 Å². The van der Waals surface area contributed by atoms with Crippen molar-refractivity contribution in [1.82, 2.24) is 5.32 Å². The Morgan fingerprint density at radius 2 is 2.06 bits per heavy atom. The van der Waals surface area contributed by atoms with Crippen LogP contribution in [-0.4, -0.2) is 11.4 Å². The van der Waals surface area contributed by atoms with E-state index in [2.05, 4.69) is 27.3 Å². The van der Waals surface area contributed by atoms with Crippen molar-refractivity contribution in [3.05, 3.63) is 34.3 Å². The predicted octanol–water partition coefficient (Wildman–Crippen LogP) is 3.41. The molecule has 94 valence electrons. The zero-order valence-corrected chi connectivity index (χ0v) is 11.7. The van der Waals surface area contributed by atoms with Crippen LogP contribution < -0.4 is 5.32 Å². The number of halogens is 1. The van der Waals surface area contributed by atoms with Crippen molar-refractivity contribution in [3.63, 3.8) is 0 Å². The van der Waals surface area contributed by atoms with Gasteiger partial charge in [0, 0.05) is 10.0 Å². The van der Waals surface area contributed by atoms with Crippen LogP contribution in [0.2, 0.25) is 0 Å². The number of rotatable bonds is 2. The molecule has 1 aliphatic rings. The van der Waals surface area contributed by atoms with Crippen molar-refractivity contribution in [3.8, 4) is 6.07 Å². The third-order valence-electron chi connectivity index (χ3n) is 3.36. The van der Waals surface area contributed by atoms with Gasteiger partial charge in [0.05, 0.1) is 6.07 Å². The lowest BCUT2D eigenvalue weighted by molar-refractivity contribution is 0.0902. The molecule has 0 aromatic heterocycles. The highest BCUT2D eigenvalue weighted by Crippen LogP contribution is 2.28. The molecule has 0 saturated heterocycles. The minimum absolute atomic E-state index is 0.167. The maximum absolute atomic E-state index is 12.1. The first-order chi connectivity index (χ1) is 8.65. The number of carbonyl (C=O) groups excluding carboxylic acids is 1. The second kappa shape index (κ2) is 5.53. The van der Waals surface area contributed by atoms with E-state index in [1.165, 1.54) is 0 Å². The SMILES string of the molecule is N#CC1(NC(=O)c2cccc(Br)c2)CCCCC1. The second-order valence-electron chi connectivity index (χ2n) is 4.72. The molecule has 1 aliphatic carbocycles. The fraction of sp³-hybridized carbons (Fsp3) is 0.429. The molecule has 2 rings (SSSR count). The summed E-state index contributed by atoms with van der Waals surface area (Å²) in [7, 11) is 0. The van der Waals surface area contributed by atoms with E-state index in [1.807, 2.05) is 12.1 Å². The van der Waals surface area contributed by atoms with Crippen LogP contribution in [0.5, 0.6) is 0 Å². The lowest BCUT2D eigenvalue weighted by Crippen LogP contribution is -2.48. The number of hydrogen-bond donors (Lipinski definition) is 1. The van der Waals surface area contributed by atoms with Gasteiger partial charge in [-0.3, -0.25) is 4.79 Å². The molecular formula is C14H15BrN2O. The van der Waals surface area contributed by atoms with E-state index in [0.29, 0.717) is 5.56 Å². The summed E-state index contributed by atoms with van der Waals surface area (Å²) >= 11 is 3.34. The van der Waals surface area contributed by atoms with E-state index < -0.39 is 5.54 Å². The summed E-state index contributed by atoms with van der Waals surface area (Å²) in [4.78, 5) is 12.1. The Morgan fingerprint density at radius 1 is 1.33 bits per heavy atom. The van der Waals surface area contributed by atoms with Gasteiger partial charge in [-0.2, -0.15) is 5.26 Å². The summed E-state index contributed by atoms with van der Waals surface area (Å²) in [6.07, 6.45) is 4.67. The number of amides is 1. The lowest BCUT2D eigenvalue weighted by Gasteiger charge is -2.31. The Kier molecular flexibility index (Phi) is 4.03. The third kappa shape index (κ3) is 2.91. The molecule has 18 heavy (non-hydrogen) atoms. The first kappa shape index (κ1) is 13.1. The smallest absolute Gasteiger partial charge is 0.252 e. The first-order valence-corrected chi connectivity index (χ1v) is 6.94.